The molecule has 0 aliphatic carbocycles. The van der Waals surface area contributed by atoms with Gasteiger partial charge in [-0.3, -0.25) is 0 Å². The van der Waals surface area contributed by atoms with Crippen LogP contribution >= 0.6 is 0 Å². The normalized spacial score (nSPS) is 15.2. The van der Waals surface area contributed by atoms with Crippen LogP contribution in [0.5, 0.6) is 0 Å². The van der Waals surface area contributed by atoms with Gasteiger partial charge in [0.1, 0.15) is 5.60 Å². The molecule has 0 aliphatic rings. The quantitative estimate of drug-likeness (QED) is 0.627. The van der Waals surface area contributed by atoms with E-state index in [9.17, 15) is 14.7 Å². The molecule has 3 N–H and O–H groups in total. The zero-order valence-corrected chi connectivity index (χ0v) is 13.5. The lowest BCUT2D eigenvalue weighted by Gasteiger charge is -2.25. The molecule has 0 fully saturated rings. The Morgan fingerprint density at radius 3 is 2.36 bits per heavy atom. The number of ether oxygens (including phenoxy) is 1. The Kier molecular flexibility index (Phi) is 8.19. The van der Waals surface area contributed by atoms with E-state index < -0.39 is 29.8 Å². The summed E-state index contributed by atoms with van der Waals surface area (Å²) < 4.78 is 5.09. The molecule has 0 heterocycles. The molecule has 6 nitrogen and oxygen atoms in total. The monoisotopic (exact) mass is 311 g/mol. The molecule has 124 valence electrons. The predicted molar refractivity (Wildman–Crippen MR) is 84.5 cm³/mol. The van der Waals surface area contributed by atoms with Crippen molar-refractivity contribution in [3.63, 3.8) is 0 Å². The summed E-state index contributed by atoms with van der Waals surface area (Å²) in [7, 11) is 0. The summed E-state index contributed by atoms with van der Waals surface area (Å²) in [5.41, 5.74) is 0.0378. The SMILES string of the molecule is C=C/C=C\C(=C/C)CC(NC(=O)OC(C)(C)C)C(O)C(=O)O. The molecule has 0 saturated heterocycles. The Balaban J connectivity index is 5.06. The molecule has 0 radical (unpaired) electrons. The van der Waals surface area contributed by atoms with Gasteiger partial charge >= 0.3 is 12.1 Å². The standard InChI is InChI=1S/C16H25NO5/c1-6-8-9-11(7-2)10-12(13(18)14(19)20)17-15(21)22-16(3,4)5/h6-9,12-13,18H,1,10H2,2-5H3,(H,17,21)(H,19,20)/b9-8-,11-7+. The van der Waals surface area contributed by atoms with Gasteiger partial charge in [0.15, 0.2) is 6.10 Å². The van der Waals surface area contributed by atoms with Crippen LogP contribution in [0.25, 0.3) is 0 Å². The number of amides is 1. The highest BCUT2D eigenvalue weighted by atomic mass is 16.6. The first kappa shape index (κ1) is 19.9. The van der Waals surface area contributed by atoms with Crippen LogP contribution in [-0.4, -0.2) is 40.0 Å². The van der Waals surface area contributed by atoms with Crippen molar-refractivity contribution in [1.29, 1.82) is 0 Å². The third-order valence-electron chi connectivity index (χ3n) is 2.61. The first-order valence-electron chi connectivity index (χ1n) is 6.95. The van der Waals surface area contributed by atoms with Crippen LogP contribution < -0.4 is 5.32 Å². The highest BCUT2D eigenvalue weighted by Gasteiger charge is 2.29. The van der Waals surface area contributed by atoms with Gasteiger partial charge in [-0.05, 0) is 34.1 Å². The number of carbonyl (C=O) groups excluding carboxylic acids is 1. The molecular weight excluding hydrogens is 286 g/mol. The van der Waals surface area contributed by atoms with Gasteiger partial charge in [-0.25, -0.2) is 9.59 Å². The van der Waals surface area contributed by atoms with E-state index in [1.165, 1.54) is 0 Å². The highest BCUT2D eigenvalue weighted by molar-refractivity contribution is 5.75. The molecule has 0 aromatic heterocycles. The zero-order chi connectivity index (χ0) is 17.3. The maximum absolute atomic E-state index is 11.8. The summed E-state index contributed by atoms with van der Waals surface area (Å²) in [4.78, 5) is 22.8. The van der Waals surface area contributed by atoms with Crippen molar-refractivity contribution in [2.75, 3.05) is 0 Å². The summed E-state index contributed by atoms with van der Waals surface area (Å²) in [6.07, 6.45) is 4.39. The minimum Gasteiger partial charge on any atom is -0.479 e. The lowest BCUT2D eigenvalue weighted by molar-refractivity contribution is -0.148. The third-order valence-corrected chi connectivity index (χ3v) is 2.61. The minimum absolute atomic E-state index is 0.146. The van der Waals surface area contributed by atoms with E-state index in [2.05, 4.69) is 11.9 Å². The van der Waals surface area contributed by atoms with Crippen molar-refractivity contribution in [1.82, 2.24) is 5.32 Å². The molecule has 0 aromatic rings. The van der Waals surface area contributed by atoms with Crippen LogP contribution in [0.1, 0.15) is 34.1 Å². The predicted octanol–water partition coefficient (Wildman–Crippen LogP) is 2.40. The number of carboxylic acid groups (broad SMARTS) is 1. The summed E-state index contributed by atoms with van der Waals surface area (Å²) in [6.45, 7) is 10.4. The van der Waals surface area contributed by atoms with Crippen LogP contribution in [0.4, 0.5) is 4.79 Å². The summed E-state index contributed by atoms with van der Waals surface area (Å²) in [5.74, 6) is -1.41. The number of allylic oxidation sites excluding steroid dienone is 4. The van der Waals surface area contributed by atoms with Gasteiger partial charge in [-0.15, -0.1) is 0 Å². The summed E-state index contributed by atoms with van der Waals surface area (Å²) in [5, 5.41) is 21.1. The number of aliphatic hydroxyl groups excluding tert-OH is 1. The summed E-state index contributed by atoms with van der Waals surface area (Å²) in [6, 6.07) is -1.01. The fourth-order valence-corrected chi connectivity index (χ4v) is 1.60. The third kappa shape index (κ3) is 8.26. The van der Waals surface area contributed by atoms with Crippen molar-refractivity contribution >= 4 is 12.1 Å². The van der Waals surface area contributed by atoms with E-state index in [0.29, 0.717) is 0 Å². The van der Waals surface area contributed by atoms with Gasteiger partial charge < -0.3 is 20.3 Å². The van der Waals surface area contributed by atoms with E-state index in [4.69, 9.17) is 9.84 Å². The first-order valence-corrected chi connectivity index (χ1v) is 6.95. The zero-order valence-electron chi connectivity index (χ0n) is 13.5. The Morgan fingerprint density at radius 2 is 1.95 bits per heavy atom. The largest absolute Gasteiger partial charge is 0.479 e. The van der Waals surface area contributed by atoms with E-state index in [1.807, 2.05) is 0 Å². The lowest BCUT2D eigenvalue weighted by Crippen LogP contribution is -2.48. The molecule has 0 bridgehead atoms. The Hall–Kier alpha value is -2.08. The van der Waals surface area contributed by atoms with Crippen molar-refractivity contribution in [2.45, 2.75) is 51.9 Å². The molecule has 0 rings (SSSR count). The van der Waals surface area contributed by atoms with Crippen LogP contribution in [0.3, 0.4) is 0 Å². The number of carbonyl (C=O) groups is 2. The number of nitrogens with one attached hydrogen (secondary N) is 1. The maximum atomic E-state index is 11.8. The fraction of sp³-hybridized carbons (Fsp3) is 0.500. The Labute approximate surface area is 131 Å². The van der Waals surface area contributed by atoms with Crippen molar-refractivity contribution in [3.05, 3.63) is 36.5 Å². The summed E-state index contributed by atoms with van der Waals surface area (Å²) >= 11 is 0. The van der Waals surface area contributed by atoms with E-state index in [0.717, 1.165) is 5.57 Å². The van der Waals surface area contributed by atoms with Crippen molar-refractivity contribution in [2.24, 2.45) is 0 Å². The molecule has 0 aromatic carbocycles. The molecule has 6 heteroatoms. The number of hydrogen-bond acceptors (Lipinski definition) is 4. The number of rotatable bonds is 7. The minimum atomic E-state index is -1.74. The van der Waals surface area contributed by atoms with Crippen molar-refractivity contribution in [3.8, 4) is 0 Å². The molecule has 0 spiro atoms. The number of hydrogen-bond donors (Lipinski definition) is 3. The molecule has 0 aliphatic heterocycles. The number of alkyl carbamates (subject to hydrolysis) is 1. The second-order valence-corrected chi connectivity index (χ2v) is 5.70. The average Bonchev–Trinajstić information content (AvgIpc) is 2.39. The van der Waals surface area contributed by atoms with E-state index in [-0.39, 0.29) is 6.42 Å². The van der Waals surface area contributed by atoms with Crippen LogP contribution in [0.15, 0.2) is 36.5 Å². The molecular formula is C16H25NO5. The van der Waals surface area contributed by atoms with Gasteiger partial charge in [0, 0.05) is 0 Å². The molecule has 0 saturated carbocycles. The Bertz CT molecular complexity index is 460. The van der Waals surface area contributed by atoms with E-state index in [1.54, 1.807) is 52.0 Å². The maximum Gasteiger partial charge on any atom is 0.407 e. The van der Waals surface area contributed by atoms with Crippen LogP contribution in [0.2, 0.25) is 0 Å². The van der Waals surface area contributed by atoms with Crippen LogP contribution in [0, 0.1) is 0 Å². The second kappa shape index (κ2) is 9.04. The molecule has 2 unspecified atom stereocenters. The fourth-order valence-electron chi connectivity index (χ4n) is 1.60. The average molecular weight is 311 g/mol. The van der Waals surface area contributed by atoms with Crippen LogP contribution in [-0.2, 0) is 9.53 Å². The van der Waals surface area contributed by atoms with Gasteiger partial charge in [0.05, 0.1) is 6.04 Å². The molecule has 2 atom stereocenters. The van der Waals surface area contributed by atoms with Gasteiger partial charge in [-0.2, -0.15) is 0 Å². The second-order valence-electron chi connectivity index (χ2n) is 5.70. The van der Waals surface area contributed by atoms with Crippen molar-refractivity contribution < 1.29 is 24.5 Å². The smallest absolute Gasteiger partial charge is 0.407 e. The van der Waals surface area contributed by atoms with Gasteiger partial charge in [0.2, 0.25) is 0 Å². The number of carboxylic acids is 1. The van der Waals surface area contributed by atoms with E-state index >= 15 is 0 Å². The molecule has 22 heavy (non-hydrogen) atoms. The first-order chi connectivity index (χ1) is 10.1. The Morgan fingerprint density at radius 1 is 1.36 bits per heavy atom. The lowest BCUT2D eigenvalue weighted by atomic mass is 10.0. The van der Waals surface area contributed by atoms with Gasteiger partial charge in [-0.1, -0.05) is 36.5 Å². The molecule has 1 amide bonds. The number of aliphatic hydroxyl groups is 1. The topological polar surface area (TPSA) is 95.9 Å². The van der Waals surface area contributed by atoms with Gasteiger partial charge in [0.25, 0.3) is 0 Å². The highest BCUT2D eigenvalue weighted by Crippen LogP contribution is 2.13. The number of aliphatic carboxylic acids is 1.